The van der Waals surface area contributed by atoms with Crippen molar-refractivity contribution in [2.24, 2.45) is 0 Å². The van der Waals surface area contributed by atoms with Crippen molar-refractivity contribution >= 4 is 35.7 Å². The van der Waals surface area contributed by atoms with Gasteiger partial charge >= 0.3 is 0 Å². The van der Waals surface area contributed by atoms with E-state index in [1.807, 2.05) is 42.7 Å². The van der Waals surface area contributed by atoms with Gasteiger partial charge in [-0.2, -0.15) is 60.3 Å². The molecule has 8 rings (SSSR count). The van der Waals surface area contributed by atoms with Gasteiger partial charge in [0.2, 0.25) is 35.7 Å². The van der Waals surface area contributed by atoms with Gasteiger partial charge in [0.25, 0.3) is 0 Å². The monoisotopic (exact) mass is 1600 g/mol. The molecule has 1 atom stereocenters. The molecule has 0 spiro atoms. The van der Waals surface area contributed by atoms with Gasteiger partial charge in [0, 0.05) is 142 Å². The van der Waals surface area contributed by atoms with Gasteiger partial charge in [-0.1, -0.05) is 80.1 Å². The lowest BCUT2D eigenvalue weighted by molar-refractivity contribution is -0.277. The van der Waals surface area contributed by atoms with Crippen molar-refractivity contribution in [2.45, 2.75) is 464 Å². The summed E-state index contributed by atoms with van der Waals surface area (Å²) in [6.07, 6.45) is 24.8. The molecule has 24 heteroatoms. The van der Waals surface area contributed by atoms with E-state index in [0.717, 1.165) is 242 Å². The lowest BCUT2D eigenvalue weighted by Gasteiger charge is -2.57. The molecule has 0 amide bonds. The molecule has 2 aromatic heterocycles. The van der Waals surface area contributed by atoms with Crippen LogP contribution in [-0.4, -0.2) is 245 Å². The quantitative estimate of drug-likeness (QED) is 0.0578. The highest BCUT2D eigenvalue weighted by Gasteiger charge is 2.56. The molecular weight excluding hydrogens is 1430 g/mol. The second kappa shape index (κ2) is 37.8. The van der Waals surface area contributed by atoms with Gasteiger partial charge < -0.3 is 58.4 Å². The molecule has 0 aliphatic carbocycles. The summed E-state index contributed by atoms with van der Waals surface area (Å²) in [6, 6.07) is 0.772. The number of hydrogen-bond acceptors (Lipinski definition) is 24. The van der Waals surface area contributed by atoms with Gasteiger partial charge in [-0.25, -0.2) is 0 Å². The molecule has 24 nitrogen and oxygen atoms in total. The normalized spacial score (nSPS) is 24.7. The van der Waals surface area contributed by atoms with Crippen LogP contribution in [0.25, 0.3) is 0 Å². The third-order valence-corrected chi connectivity index (χ3v) is 27.5. The minimum Gasteiger partial charge on any atom is -0.337 e. The predicted molar refractivity (Wildman–Crippen MR) is 471 cm³/mol. The van der Waals surface area contributed by atoms with E-state index in [4.69, 9.17) is 58.9 Å². The number of rotatable bonds is 39. The fourth-order valence-electron chi connectivity index (χ4n) is 24.4. The maximum Gasteiger partial charge on any atom is 0.232 e. The van der Waals surface area contributed by atoms with Crippen LogP contribution in [0.15, 0.2) is 0 Å². The summed E-state index contributed by atoms with van der Waals surface area (Å²) >= 11 is 0. The molecule has 2 aromatic rings. The summed E-state index contributed by atoms with van der Waals surface area (Å²) in [4.78, 5) is 89.6. The number of hydroxylamine groups is 12. The number of piperidine rings is 6. The molecule has 6 aliphatic rings. The summed E-state index contributed by atoms with van der Waals surface area (Å²) in [5.41, 5.74) is -3.21. The minimum absolute atomic E-state index is 0.0906. The van der Waals surface area contributed by atoms with Crippen LogP contribution in [0.4, 0.5) is 35.7 Å². The first-order chi connectivity index (χ1) is 53.1. The van der Waals surface area contributed by atoms with Crippen LogP contribution in [0, 0.1) is 0 Å². The predicted octanol–water partition coefficient (Wildman–Crippen LogP) is 18.6. The molecule has 6 saturated heterocycles. The Morgan fingerprint density at radius 3 is 0.526 bits per heavy atom. The Hall–Kier alpha value is -3.66. The van der Waals surface area contributed by atoms with Crippen molar-refractivity contribution in [1.82, 2.24) is 60.3 Å². The Labute approximate surface area is 696 Å². The van der Waals surface area contributed by atoms with E-state index >= 15 is 0 Å². The Morgan fingerprint density at radius 1 is 0.228 bits per heavy atom. The highest BCUT2D eigenvalue weighted by Crippen LogP contribution is 2.50. The molecule has 0 aromatic carbocycles. The van der Waals surface area contributed by atoms with Crippen molar-refractivity contribution < 1.29 is 29.0 Å². The van der Waals surface area contributed by atoms with Crippen LogP contribution in [-0.2, 0) is 29.0 Å². The smallest absolute Gasteiger partial charge is 0.232 e. The van der Waals surface area contributed by atoms with Gasteiger partial charge in [0.1, 0.15) is 0 Å². The molecular formula is C90H172N18O6. The molecule has 114 heavy (non-hydrogen) atoms. The molecule has 0 saturated carbocycles. The molecule has 0 radical (unpaired) electrons. The highest BCUT2D eigenvalue weighted by molar-refractivity contribution is 5.51. The van der Waals surface area contributed by atoms with E-state index < -0.39 is 0 Å². The summed E-state index contributed by atoms with van der Waals surface area (Å²) in [6.45, 7) is 70.6. The van der Waals surface area contributed by atoms with Crippen LogP contribution >= 0.6 is 0 Å². The standard InChI is InChI=1S/C90H172N18O6/c1-35-41-49-97(67-55-79(7,8)103(109-29)80(9,10)56-67)73-91-74(98(50-42-36-2)68-57-81(11,12)104(110-30)82(13,14)58-68)94-77(93-73)101(71-63-87(23,24)107(113-33)88(25,26)64-71)53-47-45-46-48-54-102(72-65-89(27,28)108(114-34)90(39-5,40-6)66-72)78-95-75(99(51-43-37-3)69-59-83(15,16)105(111-31)84(17,18)60-69)92-76(96-78)100(52-44-38-4)70-61-85(19,20)106(112-32)86(21,22)62-70/h67-72H,35-66H2,1-34H3. The van der Waals surface area contributed by atoms with Gasteiger partial charge in [0.05, 0.1) is 42.7 Å². The largest absolute Gasteiger partial charge is 0.337 e. The van der Waals surface area contributed by atoms with Gasteiger partial charge in [0.15, 0.2) is 0 Å². The Bertz CT molecular complexity index is 3080. The van der Waals surface area contributed by atoms with Crippen molar-refractivity contribution in [3.8, 4) is 0 Å². The molecule has 1 unspecified atom stereocenters. The van der Waals surface area contributed by atoms with E-state index in [2.05, 4.69) is 254 Å². The molecule has 0 N–H and O–H groups in total. The molecule has 0 bridgehead atoms. The number of aromatic nitrogens is 6. The molecule has 6 fully saturated rings. The first kappa shape index (κ1) is 95.8. The maximum absolute atomic E-state index is 6.56. The van der Waals surface area contributed by atoms with Gasteiger partial charge in [-0.05, 0) is 281 Å². The summed E-state index contributed by atoms with van der Waals surface area (Å²) < 4.78 is 0. The van der Waals surface area contributed by atoms with Gasteiger partial charge in [-0.3, -0.25) is 0 Å². The highest BCUT2D eigenvalue weighted by atomic mass is 16.7. The van der Waals surface area contributed by atoms with Crippen LogP contribution in [0.3, 0.4) is 0 Å². The molecule has 8 heterocycles. The zero-order valence-corrected chi connectivity index (χ0v) is 79.6. The SMILES string of the molecule is CCCCN(c1nc(N(CCCC)C2CC(C)(C)N(OC)C(C)(C)C2)nc(N(CCCCCCN(c2nc(N(CCCC)C3CC(C)(C)N(OC)C(C)(C)C3)nc(N(CCCC)C3CC(C)(C)N(OC)C(C)(C)C3)n2)C2CC(C)(C)N(OC)C(CC)(CC)C2)C2CC(C)(C)N(OC)C(C)(C)C2)n1)C1CC(C)(C)N(OC)C(C)(C)C1. The van der Waals surface area contributed by atoms with Crippen LogP contribution < -0.4 is 29.4 Å². The molecule has 6 aliphatic heterocycles. The second-order valence-corrected chi connectivity index (χ2v) is 42.6. The Kier molecular flexibility index (Phi) is 31.7. The third kappa shape index (κ3) is 21.1. The first-order valence-corrected chi connectivity index (χ1v) is 45.3. The number of nitrogens with zero attached hydrogens (tertiary/aromatic N) is 18. The Balaban J connectivity index is 1.29. The maximum atomic E-state index is 6.56. The average molecular weight is 1600 g/mol. The van der Waals surface area contributed by atoms with Crippen molar-refractivity contribution in [2.75, 3.05) is 111 Å². The third-order valence-electron chi connectivity index (χ3n) is 27.5. The van der Waals surface area contributed by atoms with Crippen molar-refractivity contribution in [3.63, 3.8) is 0 Å². The first-order valence-electron chi connectivity index (χ1n) is 45.3. The lowest BCUT2D eigenvalue weighted by atomic mass is 9.73. The zero-order chi connectivity index (χ0) is 85.0. The number of hydrogen-bond donors (Lipinski definition) is 0. The van der Waals surface area contributed by atoms with Crippen molar-refractivity contribution in [3.05, 3.63) is 0 Å². The topological polar surface area (TPSA) is 172 Å². The fourth-order valence-corrected chi connectivity index (χ4v) is 24.4. The summed E-state index contributed by atoms with van der Waals surface area (Å²) in [5, 5.41) is 13.6. The Morgan fingerprint density at radius 2 is 0.377 bits per heavy atom. The van der Waals surface area contributed by atoms with E-state index in [1.54, 1.807) is 0 Å². The zero-order valence-electron chi connectivity index (χ0n) is 79.6. The van der Waals surface area contributed by atoms with E-state index in [1.165, 1.54) is 0 Å². The van der Waals surface area contributed by atoms with E-state index in [-0.39, 0.29) is 103 Å². The average Bonchev–Trinajstić information content (AvgIpc) is 0.737. The number of anilines is 6. The van der Waals surface area contributed by atoms with Gasteiger partial charge in [-0.15, -0.1) is 0 Å². The fraction of sp³-hybridized carbons (Fsp3) is 0.933. The molecule has 658 valence electrons. The van der Waals surface area contributed by atoms with E-state index in [9.17, 15) is 0 Å². The minimum atomic E-state index is -0.305. The van der Waals surface area contributed by atoms with Crippen LogP contribution in [0.1, 0.15) is 361 Å². The lowest BCUT2D eigenvalue weighted by Crippen LogP contribution is -2.66. The van der Waals surface area contributed by atoms with Crippen molar-refractivity contribution in [1.29, 1.82) is 0 Å². The number of unbranched alkanes of at least 4 members (excludes halogenated alkanes) is 7. The summed E-state index contributed by atoms with van der Waals surface area (Å²) in [5.74, 6) is 4.72. The second-order valence-electron chi connectivity index (χ2n) is 42.6. The van der Waals surface area contributed by atoms with Crippen LogP contribution in [0.2, 0.25) is 0 Å². The van der Waals surface area contributed by atoms with Crippen LogP contribution in [0.5, 0.6) is 0 Å². The summed E-state index contributed by atoms with van der Waals surface area (Å²) in [7, 11) is 11.1. The van der Waals surface area contributed by atoms with E-state index in [0.29, 0.717) is 0 Å².